The number of ether oxygens (including phenoxy) is 3. The first kappa shape index (κ1) is 21.6. The highest BCUT2D eigenvalue weighted by molar-refractivity contribution is 6.74. The summed E-state index contributed by atoms with van der Waals surface area (Å²) in [7, 11) is 1.45. The van der Waals surface area contributed by atoms with Gasteiger partial charge >= 0.3 is 5.97 Å². The summed E-state index contributed by atoms with van der Waals surface area (Å²) in [5.41, 5.74) is -0.467. The number of hydrogen-bond acceptors (Lipinski definition) is 5. The lowest BCUT2D eigenvalue weighted by atomic mass is 9.79. The van der Waals surface area contributed by atoms with E-state index in [0.717, 1.165) is 25.7 Å². The second kappa shape index (κ2) is 7.85. The van der Waals surface area contributed by atoms with Crippen molar-refractivity contribution >= 4 is 14.3 Å². The molecule has 0 amide bonds. The van der Waals surface area contributed by atoms with Crippen LogP contribution in [0.1, 0.15) is 59.8 Å². The largest absolute Gasteiger partial charge is 0.466 e. The molecule has 6 heteroatoms. The fraction of sp³-hybridized carbons (Fsp3) is 0.944. The zero-order chi connectivity index (χ0) is 18.6. The maximum atomic E-state index is 11.9. The normalized spacial score (nSPS) is 28.7. The molecule has 0 heterocycles. The van der Waals surface area contributed by atoms with Crippen LogP contribution in [0, 0.1) is 0 Å². The van der Waals surface area contributed by atoms with Crippen molar-refractivity contribution in [2.75, 3.05) is 20.8 Å². The van der Waals surface area contributed by atoms with Crippen molar-refractivity contribution in [1.29, 1.82) is 0 Å². The summed E-state index contributed by atoms with van der Waals surface area (Å²) in [6, 6.07) is 0. The minimum absolute atomic E-state index is 0.124. The highest BCUT2D eigenvalue weighted by atomic mass is 28.4. The lowest BCUT2D eigenvalue weighted by Gasteiger charge is -2.49. The Labute approximate surface area is 148 Å². The summed E-state index contributed by atoms with van der Waals surface area (Å²) in [6.07, 6.45) is 3.19. The number of rotatable bonds is 7. The van der Waals surface area contributed by atoms with Crippen LogP contribution in [0.15, 0.2) is 0 Å². The van der Waals surface area contributed by atoms with Crippen LogP contribution in [0.4, 0.5) is 0 Å². The molecule has 24 heavy (non-hydrogen) atoms. The molecule has 1 saturated carbocycles. The van der Waals surface area contributed by atoms with E-state index in [9.17, 15) is 4.79 Å². The molecule has 0 spiro atoms. The van der Waals surface area contributed by atoms with Gasteiger partial charge in [-0.25, -0.2) is 0 Å². The molecule has 1 aliphatic carbocycles. The van der Waals surface area contributed by atoms with E-state index < -0.39 is 19.7 Å². The number of carbonyl (C=O) groups is 1. The Morgan fingerprint density at radius 3 is 1.96 bits per heavy atom. The number of methoxy groups -OCH3 is 2. The van der Waals surface area contributed by atoms with Gasteiger partial charge in [0.15, 0.2) is 14.1 Å². The molecule has 0 atom stereocenters. The topological polar surface area (TPSA) is 54.0 Å². The smallest absolute Gasteiger partial charge is 0.308 e. The van der Waals surface area contributed by atoms with Gasteiger partial charge in [-0.1, -0.05) is 20.8 Å². The molecule has 0 N–H and O–H groups in total. The average molecular weight is 361 g/mol. The molecule has 1 aliphatic rings. The van der Waals surface area contributed by atoms with E-state index >= 15 is 0 Å². The van der Waals surface area contributed by atoms with Gasteiger partial charge in [0.05, 0.1) is 18.6 Å². The first-order valence-electron chi connectivity index (χ1n) is 8.91. The van der Waals surface area contributed by atoms with Crippen LogP contribution < -0.4 is 0 Å². The molecular formula is C18H36O5Si. The predicted molar refractivity (Wildman–Crippen MR) is 97.5 cm³/mol. The summed E-state index contributed by atoms with van der Waals surface area (Å²) in [6.45, 7) is 13.4. The SMILES string of the molecule is CCOC(=O)CC1(OC)CCC(OC)(O[Si](C)(C)C(C)(C)C)CC1. The molecule has 0 aromatic carbocycles. The third kappa shape index (κ3) is 5.03. The van der Waals surface area contributed by atoms with E-state index in [-0.39, 0.29) is 17.4 Å². The molecule has 1 rings (SSSR count). The summed E-state index contributed by atoms with van der Waals surface area (Å²) in [4.78, 5) is 11.9. The van der Waals surface area contributed by atoms with Crippen molar-refractivity contribution in [1.82, 2.24) is 0 Å². The van der Waals surface area contributed by atoms with Gasteiger partial charge in [-0.2, -0.15) is 0 Å². The van der Waals surface area contributed by atoms with Crippen molar-refractivity contribution in [3.63, 3.8) is 0 Å². The zero-order valence-electron chi connectivity index (χ0n) is 16.8. The molecule has 5 nitrogen and oxygen atoms in total. The minimum atomic E-state index is -1.94. The quantitative estimate of drug-likeness (QED) is 0.386. The van der Waals surface area contributed by atoms with E-state index in [1.54, 1.807) is 14.2 Å². The Hall–Kier alpha value is -0.433. The minimum Gasteiger partial charge on any atom is -0.466 e. The van der Waals surface area contributed by atoms with E-state index in [1.165, 1.54) is 0 Å². The Morgan fingerprint density at radius 1 is 1.04 bits per heavy atom. The van der Waals surface area contributed by atoms with Gasteiger partial charge in [-0.05, 0) is 37.9 Å². The third-order valence-electron chi connectivity index (χ3n) is 5.75. The van der Waals surface area contributed by atoms with Gasteiger partial charge in [-0.15, -0.1) is 0 Å². The molecule has 0 aliphatic heterocycles. The van der Waals surface area contributed by atoms with Gasteiger partial charge in [0.25, 0.3) is 0 Å². The van der Waals surface area contributed by atoms with Gasteiger partial charge < -0.3 is 18.6 Å². The molecule has 0 bridgehead atoms. The van der Waals surface area contributed by atoms with Crippen LogP contribution in [0.5, 0.6) is 0 Å². The molecule has 0 saturated heterocycles. The Bertz CT molecular complexity index is 420. The molecule has 0 unspecified atom stereocenters. The lowest BCUT2D eigenvalue weighted by molar-refractivity contribution is -0.220. The second-order valence-electron chi connectivity index (χ2n) is 8.35. The average Bonchev–Trinajstić information content (AvgIpc) is 2.48. The molecule has 0 radical (unpaired) electrons. The van der Waals surface area contributed by atoms with Crippen molar-refractivity contribution in [3.8, 4) is 0 Å². The van der Waals surface area contributed by atoms with Crippen LogP contribution in [-0.4, -0.2) is 46.5 Å². The van der Waals surface area contributed by atoms with Crippen LogP contribution in [-0.2, 0) is 23.4 Å². The summed E-state index contributed by atoms with van der Waals surface area (Å²) in [5, 5.41) is 0.124. The lowest BCUT2D eigenvalue weighted by Crippen LogP contribution is -2.54. The third-order valence-corrected chi connectivity index (χ3v) is 10.2. The molecule has 1 fully saturated rings. The fourth-order valence-corrected chi connectivity index (χ4v) is 4.50. The summed E-state index contributed by atoms with van der Waals surface area (Å²) < 4.78 is 23.3. The first-order valence-corrected chi connectivity index (χ1v) is 11.8. The predicted octanol–water partition coefficient (Wildman–Crippen LogP) is 4.26. The van der Waals surface area contributed by atoms with Crippen molar-refractivity contribution in [2.45, 2.75) is 89.3 Å². The zero-order valence-corrected chi connectivity index (χ0v) is 17.8. The summed E-state index contributed by atoms with van der Waals surface area (Å²) in [5.74, 6) is -0.769. The van der Waals surface area contributed by atoms with Crippen LogP contribution in [0.25, 0.3) is 0 Å². The maximum Gasteiger partial charge on any atom is 0.308 e. The Morgan fingerprint density at radius 2 is 1.58 bits per heavy atom. The van der Waals surface area contributed by atoms with Gasteiger partial charge in [-0.3, -0.25) is 4.79 Å². The van der Waals surface area contributed by atoms with Crippen molar-refractivity contribution < 1.29 is 23.4 Å². The van der Waals surface area contributed by atoms with E-state index in [2.05, 4.69) is 33.9 Å². The Kier molecular flexibility index (Phi) is 7.07. The standard InChI is InChI=1S/C18H36O5Si/c1-9-22-15(19)14-17(20-5)10-12-18(21-6,13-11-17)23-24(7,8)16(2,3)4/h9-14H2,1-8H3. The van der Waals surface area contributed by atoms with Crippen molar-refractivity contribution in [3.05, 3.63) is 0 Å². The number of esters is 1. The fourth-order valence-electron chi connectivity index (χ4n) is 2.98. The van der Waals surface area contributed by atoms with Crippen molar-refractivity contribution in [2.24, 2.45) is 0 Å². The molecule has 0 aromatic heterocycles. The first-order chi connectivity index (χ1) is 10.9. The van der Waals surface area contributed by atoms with Crippen LogP contribution in [0.3, 0.4) is 0 Å². The van der Waals surface area contributed by atoms with Gasteiger partial charge in [0, 0.05) is 27.1 Å². The molecular weight excluding hydrogens is 324 g/mol. The highest BCUT2D eigenvalue weighted by Crippen LogP contribution is 2.46. The molecule has 142 valence electrons. The summed E-state index contributed by atoms with van der Waals surface area (Å²) >= 11 is 0. The van der Waals surface area contributed by atoms with Gasteiger partial charge in [0.2, 0.25) is 0 Å². The van der Waals surface area contributed by atoms with Gasteiger partial charge in [0.1, 0.15) is 0 Å². The van der Waals surface area contributed by atoms with E-state index in [0.29, 0.717) is 6.61 Å². The molecule has 0 aromatic rings. The van der Waals surface area contributed by atoms with Crippen LogP contribution in [0.2, 0.25) is 18.1 Å². The number of hydrogen-bond donors (Lipinski definition) is 0. The Balaban J connectivity index is 2.83. The number of carbonyl (C=O) groups excluding carboxylic acids is 1. The second-order valence-corrected chi connectivity index (χ2v) is 13.1. The maximum absolute atomic E-state index is 11.9. The van der Waals surface area contributed by atoms with Crippen LogP contribution >= 0.6 is 0 Å². The highest BCUT2D eigenvalue weighted by Gasteiger charge is 2.50. The van der Waals surface area contributed by atoms with E-state index in [4.69, 9.17) is 18.6 Å². The monoisotopic (exact) mass is 360 g/mol. The van der Waals surface area contributed by atoms with E-state index in [1.807, 2.05) is 6.92 Å².